The molecular formula is C8H18F2N2. The van der Waals surface area contributed by atoms with Crippen LogP contribution in [0.1, 0.15) is 13.8 Å². The number of nitrogens with two attached hydrogens (primary N) is 1. The van der Waals surface area contributed by atoms with Crippen LogP contribution in [0.25, 0.3) is 0 Å². The van der Waals surface area contributed by atoms with Crippen LogP contribution in [0.3, 0.4) is 0 Å². The van der Waals surface area contributed by atoms with Crippen molar-refractivity contribution in [1.29, 1.82) is 0 Å². The minimum absolute atomic E-state index is 0.157. The second kappa shape index (κ2) is 6.31. The maximum atomic E-state index is 12.0. The van der Waals surface area contributed by atoms with E-state index in [1.165, 1.54) is 0 Å². The SMILES string of the molecule is CC(C)CN(CCN)CC(F)F. The van der Waals surface area contributed by atoms with Crippen molar-refractivity contribution in [2.75, 3.05) is 26.2 Å². The monoisotopic (exact) mass is 180 g/mol. The summed E-state index contributed by atoms with van der Waals surface area (Å²) in [6.07, 6.45) is -2.25. The van der Waals surface area contributed by atoms with Gasteiger partial charge in [-0.05, 0) is 5.92 Å². The van der Waals surface area contributed by atoms with Crippen LogP contribution in [0, 0.1) is 5.92 Å². The highest BCUT2D eigenvalue weighted by molar-refractivity contribution is 4.61. The van der Waals surface area contributed by atoms with Gasteiger partial charge in [-0.25, -0.2) is 8.78 Å². The highest BCUT2D eigenvalue weighted by Gasteiger charge is 2.11. The third-order valence-electron chi connectivity index (χ3n) is 1.46. The van der Waals surface area contributed by atoms with E-state index >= 15 is 0 Å². The molecule has 4 heteroatoms. The van der Waals surface area contributed by atoms with Crippen molar-refractivity contribution >= 4 is 0 Å². The summed E-state index contributed by atoms with van der Waals surface area (Å²) in [5.41, 5.74) is 5.29. The summed E-state index contributed by atoms with van der Waals surface area (Å²) >= 11 is 0. The van der Waals surface area contributed by atoms with Crippen LogP contribution < -0.4 is 5.73 Å². The van der Waals surface area contributed by atoms with Crippen LogP contribution in [0.2, 0.25) is 0 Å². The van der Waals surface area contributed by atoms with Crippen LogP contribution in [-0.2, 0) is 0 Å². The van der Waals surface area contributed by atoms with Crippen molar-refractivity contribution in [3.63, 3.8) is 0 Å². The van der Waals surface area contributed by atoms with Crippen molar-refractivity contribution in [3.05, 3.63) is 0 Å². The van der Waals surface area contributed by atoms with Gasteiger partial charge in [0, 0.05) is 19.6 Å². The standard InChI is InChI=1S/C8H18F2N2/c1-7(2)5-12(4-3-11)6-8(9)10/h7-8H,3-6,11H2,1-2H3. The number of hydrogen-bond acceptors (Lipinski definition) is 2. The van der Waals surface area contributed by atoms with Crippen LogP contribution >= 0.6 is 0 Å². The van der Waals surface area contributed by atoms with Gasteiger partial charge in [-0.3, -0.25) is 4.90 Å². The zero-order valence-electron chi connectivity index (χ0n) is 7.76. The van der Waals surface area contributed by atoms with Crippen LogP contribution in [0.15, 0.2) is 0 Å². The second-order valence-electron chi connectivity index (χ2n) is 3.33. The molecule has 0 amide bonds. The van der Waals surface area contributed by atoms with Crippen molar-refractivity contribution in [1.82, 2.24) is 4.90 Å². The summed E-state index contributed by atoms with van der Waals surface area (Å²) < 4.78 is 24.0. The Kier molecular flexibility index (Phi) is 6.20. The molecule has 0 aliphatic carbocycles. The molecule has 74 valence electrons. The summed E-state index contributed by atoms with van der Waals surface area (Å²) in [5, 5.41) is 0. The van der Waals surface area contributed by atoms with Gasteiger partial charge in [-0.15, -0.1) is 0 Å². The molecule has 0 heterocycles. The Bertz CT molecular complexity index is 97.2. The maximum absolute atomic E-state index is 12.0. The van der Waals surface area contributed by atoms with E-state index in [9.17, 15) is 8.78 Å². The van der Waals surface area contributed by atoms with Gasteiger partial charge < -0.3 is 5.73 Å². The van der Waals surface area contributed by atoms with Gasteiger partial charge in [0.05, 0.1) is 6.54 Å². The van der Waals surface area contributed by atoms with Gasteiger partial charge in [0.25, 0.3) is 6.43 Å². The van der Waals surface area contributed by atoms with Crippen LogP contribution in [-0.4, -0.2) is 37.5 Å². The molecule has 0 rings (SSSR count). The Balaban J connectivity index is 3.69. The highest BCUT2D eigenvalue weighted by Crippen LogP contribution is 2.02. The second-order valence-corrected chi connectivity index (χ2v) is 3.33. The van der Waals surface area contributed by atoms with Crippen LogP contribution in [0.5, 0.6) is 0 Å². The molecule has 0 atom stereocenters. The van der Waals surface area contributed by atoms with E-state index in [2.05, 4.69) is 0 Å². The smallest absolute Gasteiger partial charge is 0.251 e. The van der Waals surface area contributed by atoms with Crippen molar-refractivity contribution < 1.29 is 8.78 Å². The molecule has 2 nitrogen and oxygen atoms in total. The van der Waals surface area contributed by atoms with Gasteiger partial charge in [0.1, 0.15) is 0 Å². The maximum Gasteiger partial charge on any atom is 0.251 e. The molecule has 0 aliphatic heterocycles. The summed E-state index contributed by atoms with van der Waals surface area (Å²) in [7, 11) is 0. The number of rotatable bonds is 6. The molecule has 0 aromatic rings. The van der Waals surface area contributed by atoms with Crippen molar-refractivity contribution in [2.45, 2.75) is 20.3 Å². The Hall–Kier alpha value is -0.220. The number of hydrogen-bond donors (Lipinski definition) is 1. The predicted octanol–water partition coefficient (Wildman–Crippen LogP) is 1.17. The molecule has 0 saturated carbocycles. The molecular weight excluding hydrogens is 162 g/mol. The topological polar surface area (TPSA) is 29.3 Å². The van der Waals surface area contributed by atoms with E-state index in [1.807, 2.05) is 13.8 Å². The fourth-order valence-corrected chi connectivity index (χ4v) is 1.15. The van der Waals surface area contributed by atoms with E-state index < -0.39 is 6.43 Å². The van der Waals surface area contributed by atoms with Crippen LogP contribution in [0.4, 0.5) is 8.78 Å². The lowest BCUT2D eigenvalue weighted by Crippen LogP contribution is -2.36. The molecule has 0 spiro atoms. The van der Waals surface area contributed by atoms with E-state index in [0.29, 0.717) is 25.6 Å². The Morgan fingerprint density at radius 3 is 2.17 bits per heavy atom. The number of alkyl halides is 2. The lowest BCUT2D eigenvalue weighted by Gasteiger charge is -2.22. The van der Waals surface area contributed by atoms with Crippen molar-refractivity contribution in [2.24, 2.45) is 11.7 Å². The van der Waals surface area contributed by atoms with E-state index in [-0.39, 0.29) is 6.54 Å². The summed E-state index contributed by atoms with van der Waals surface area (Å²) in [6, 6.07) is 0. The average molecular weight is 180 g/mol. The lowest BCUT2D eigenvalue weighted by atomic mass is 10.2. The first-order valence-corrected chi connectivity index (χ1v) is 4.26. The largest absolute Gasteiger partial charge is 0.329 e. The normalized spacial score (nSPS) is 12.0. The molecule has 0 unspecified atom stereocenters. The highest BCUT2D eigenvalue weighted by atomic mass is 19.3. The molecule has 0 saturated heterocycles. The molecule has 0 bridgehead atoms. The predicted molar refractivity (Wildman–Crippen MR) is 46.3 cm³/mol. The number of nitrogens with zero attached hydrogens (tertiary/aromatic N) is 1. The van der Waals surface area contributed by atoms with E-state index in [1.54, 1.807) is 4.90 Å². The lowest BCUT2D eigenvalue weighted by molar-refractivity contribution is 0.0841. The zero-order chi connectivity index (χ0) is 9.56. The van der Waals surface area contributed by atoms with Gasteiger partial charge >= 0.3 is 0 Å². The van der Waals surface area contributed by atoms with E-state index in [0.717, 1.165) is 0 Å². The summed E-state index contributed by atoms with van der Waals surface area (Å²) in [6.45, 7) is 5.56. The van der Waals surface area contributed by atoms with Crippen molar-refractivity contribution in [3.8, 4) is 0 Å². The minimum atomic E-state index is -2.25. The Morgan fingerprint density at radius 2 is 1.83 bits per heavy atom. The minimum Gasteiger partial charge on any atom is -0.329 e. The fraction of sp³-hybridized carbons (Fsp3) is 1.00. The molecule has 0 aliphatic rings. The first-order chi connectivity index (χ1) is 5.56. The molecule has 0 radical (unpaired) electrons. The first-order valence-electron chi connectivity index (χ1n) is 4.26. The van der Waals surface area contributed by atoms with Gasteiger partial charge in [0.15, 0.2) is 0 Å². The average Bonchev–Trinajstić information content (AvgIpc) is 1.84. The molecule has 12 heavy (non-hydrogen) atoms. The first kappa shape index (κ1) is 11.8. The molecule has 2 N–H and O–H groups in total. The van der Waals surface area contributed by atoms with Gasteiger partial charge in [-0.1, -0.05) is 13.8 Å². The zero-order valence-corrected chi connectivity index (χ0v) is 7.76. The summed E-state index contributed by atoms with van der Waals surface area (Å²) in [5.74, 6) is 0.412. The van der Waals surface area contributed by atoms with Gasteiger partial charge in [-0.2, -0.15) is 0 Å². The molecule has 0 aromatic heterocycles. The third-order valence-corrected chi connectivity index (χ3v) is 1.46. The Morgan fingerprint density at radius 1 is 1.25 bits per heavy atom. The number of halogens is 2. The fourth-order valence-electron chi connectivity index (χ4n) is 1.15. The molecule has 0 fully saturated rings. The Labute approximate surface area is 72.7 Å². The summed E-state index contributed by atoms with van der Waals surface area (Å²) in [4.78, 5) is 1.70. The third kappa shape index (κ3) is 6.49. The van der Waals surface area contributed by atoms with E-state index in [4.69, 9.17) is 5.73 Å². The molecule has 0 aromatic carbocycles. The van der Waals surface area contributed by atoms with Gasteiger partial charge in [0.2, 0.25) is 0 Å². The quantitative estimate of drug-likeness (QED) is 0.664.